The summed E-state index contributed by atoms with van der Waals surface area (Å²) in [5, 5.41) is 7.86. The molecule has 4 nitrogen and oxygen atoms in total. The maximum Gasteiger partial charge on any atom is 0.250 e. The Morgan fingerprint density at radius 3 is 2.93 bits per heavy atom. The van der Waals surface area contributed by atoms with Gasteiger partial charge in [0.2, 0.25) is 5.89 Å². The lowest BCUT2D eigenvalue weighted by Gasteiger charge is -1.88. The smallest absolute Gasteiger partial charge is 0.250 e. The van der Waals surface area contributed by atoms with Gasteiger partial charge in [0.25, 0.3) is 5.89 Å². The Morgan fingerprint density at radius 1 is 1.40 bits per heavy atom. The Hall–Kier alpha value is -1.29. The van der Waals surface area contributed by atoms with E-state index in [4.69, 9.17) is 20.4 Å². The molecular formula is C10H11ClN2O2. The molecule has 0 aromatic carbocycles. The molecule has 2 aromatic heterocycles. The van der Waals surface area contributed by atoms with Crippen LogP contribution < -0.4 is 0 Å². The number of aryl methyl sites for hydroxylation is 2. The average Bonchev–Trinajstić information content (AvgIpc) is 2.83. The number of alkyl halides is 1. The second-order valence-electron chi connectivity index (χ2n) is 3.24. The minimum atomic E-state index is 0.497. The van der Waals surface area contributed by atoms with Crippen molar-refractivity contribution in [1.82, 2.24) is 10.2 Å². The molecule has 0 radical (unpaired) electrons. The monoisotopic (exact) mass is 226 g/mol. The molecule has 80 valence electrons. The standard InChI is InChI=1S/C10H11ClN2O2/c1-7-5-8(6-14-7)10-13-12-9(15-10)3-2-4-11/h5-6H,2-4H2,1H3. The highest BCUT2D eigenvalue weighted by molar-refractivity contribution is 6.17. The first-order valence-corrected chi connectivity index (χ1v) is 5.27. The van der Waals surface area contributed by atoms with Gasteiger partial charge >= 0.3 is 0 Å². The fraction of sp³-hybridized carbons (Fsp3) is 0.400. The van der Waals surface area contributed by atoms with Gasteiger partial charge in [-0.05, 0) is 19.4 Å². The largest absolute Gasteiger partial charge is 0.469 e. The molecule has 0 aliphatic heterocycles. The highest BCUT2D eigenvalue weighted by atomic mass is 35.5. The molecule has 0 amide bonds. The molecule has 2 rings (SSSR count). The molecule has 0 bridgehead atoms. The number of nitrogens with zero attached hydrogens (tertiary/aromatic N) is 2. The predicted molar refractivity (Wildman–Crippen MR) is 55.8 cm³/mol. The summed E-state index contributed by atoms with van der Waals surface area (Å²) in [6, 6.07) is 1.86. The minimum Gasteiger partial charge on any atom is -0.469 e. The molecule has 0 fully saturated rings. The average molecular weight is 227 g/mol. The first-order chi connectivity index (χ1) is 7.29. The van der Waals surface area contributed by atoms with E-state index in [9.17, 15) is 0 Å². The molecule has 0 spiro atoms. The Labute approximate surface area is 92.2 Å². The summed E-state index contributed by atoms with van der Waals surface area (Å²) in [6.07, 6.45) is 3.16. The van der Waals surface area contributed by atoms with Crippen LogP contribution in [0.4, 0.5) is 0 Å². The van der Waals surface area contributed by atoms with Crippen molar-refractivity contribution in [2.24, 2.45) is 0 Å². The van der Waals surface area contributed by atoms with Gasteiger partial charge in [0, 0.05) is 12.3 Å². The van der Waals surface area contributed by atoms with Crippen LogP contribution in [0.3, 0.4) is 0 Å². The van der Waals surface area contributed by atoms with Crippen LogP contribution in [0.25, 0.3) is 11.5 Å². The zero-order valence-electron chi connectivity index (χ0n) is 8.36. The lowest BCUT2D eigenvalue weighted by molar-refractivity contribution is 0.500. The zero-order valence-corrected chi connectivity index (χ0v) is 9.12. The Kier molecular flexibility index (Phi) is 3.06. The fourth-order valence-electron chi connectivity index (χ4n) is 1.24. The van der Waals surface area contributed by atoms with Gasteiger partial charge in [-0.2, -0.15) is 0 Å². The summed E-state index contributed by atoms with van der Waals surface area (Å²) in [4.78, 5) is 0. The number of furan rings is 1. The normalized spacial score (nSPS) is 10.8. The number of hydrogen-bond acceptors (Lipinski definition) is 4. The predicted octanol–water partition coefficient (Wildman–Crippen LogP) is 2.81. The van der Waals surface area contributed by atoms with Gasteiger partial charge in [0.1, 0.15) is 12.0 Å². The van der Waals surface area contributed by atoms with Gasteiger partial charge in [-0.3, -0.25) is 0 Å². The van der Waals surface area contributed by atoms with Gasteiger partial charge in [-0.25, -0.2) is 0 Å². The van der Waals surface area contributed by atoms with Crippen LogP contribution >= 0.6 is 11.6 Å². The molecular weight excluding hydrogens is 216 g/mol. The van der Waals surface area contributed by atoms with Crippen molar-refractivity contribution >= 4 is 11.6 Å². The summed E-state index contributed by atoms with van der Waals surface area (Å²) in [5.74, 6) is 2.54. The van der Waals surface area contributed by atoms with Crippen molar-refractivity contribution in [3.8, 4) is 11.5 Å². The highest BCUT2D eigenvalue weighted by Crippen LogP contribution is 2.20. The van der Waals surface area contributed by atoms with E-state index in [1.807, 2.05) is 13.0 Å². The summed E-state index contributed by atoms with van der Waals surface area (Å²) in [6.45, 7) is 1.87. The minimum absolute atomic E-state index is 0.497. The SMILES string of the molecule is Cc1cc(-c2nnc(CCCCl)o2)co1. The van der Waals surface area contributed by atoms with E-state index in [0.717, 1.165) is 17.7 Å². The van der Waals surface area contributed by atoms with Crippen LogP contribution in [0, 0.1) is 6.92 Å². The van der Waals surface area contributed by atoms with Crippen molar-refractivity contribution in [3.63, 3.8) is 0 Å². The maximum absolute atomic E-state index is 5.57. The third kappa shape index (κ3) is 2.39. The molecule has 5 heteroatoms. The number of halogens is 1. The zero-order chi connectivity index (χ0) is 10.7. The second-order valence-corrected chi connectivity index (χ2v) is 3.62. The van der Waals surface area contributed by atoms with Crippen molar-refractivity contribution in [2.75, 3.05) is 5.88 Å². The molecule has 0 aliphatic rings. The van der Waals surface area contributed by atoms with Crippen LogP contribution in [0.5, 0.6) is 0 Å². The topological polar surface area (TPSA) is 52.1 Å². The molecule has 2 aromatic rings. The van der Waals surface area contributed by atoms with Crippen LogP contribution in [-0.2, 0) is 6.42 Å². The summed E-state index contributed by atoms with van der Waals surface area (Å²) in [5.41, 5.74) is 0.817. The van der Waals surface area contributed by atoms with E-state index in [0.29, 0.717) is 24.1 Å². The number of rotatable bonds is 4. The van der Waals surface area contributed by atoms with E-state index in [1.54, 1.807) is 6.26 Å². The van der Waals surface area contributed by atoms with Crippen molar-refractivity contribution in [3.05, 3.63) is 24.0 Å². The molecule has 0 aliphatic carbocycles. The maximum atomic E-state index is 5.57. The highest BCUT2D eigenvalue weighted by Gasteiger charge is 2.10. The van der Waals surface area contributed by atoms with E-state index in [2.05, 4.69) is 10.2 Å². The molecule has 0 saturated carbocycles. The van der Waals surface area contributed by atoms with Gasteiger partial charge in [0.15, 0.2) is 0 Å². The van der Waals surface area contributed by atoms with Gasteiger partial charge in [0.05, 0.1) is 5.56 Å². The van der Waals surface area contributed by atoms with Gasteiger partial charge in [-0.1, -0.05) is 0 Å². The number of aromatic nitrogens is 2. The Morgan fingerprint density at radius 2 is 2.27 bits per heavy atom. The van der Waals surface area contributed by atoms with Gasteiger partial charge < -0.3 is 8.83 Å². The molecule has 2 heterocycles. The molecule has 0 saturated heterocycles. The Bertz CT molecular complexity index is 436. The lowest BCUT2D eigenvalue weighted by atomic mass is 10.3. The molecule has 0 atom stereocenters. The third-order valence-electron chi connectivity index (χ3n) is 1.97. The Balaban J connectivity index is 2.13. The first kappa shape index (κ1) is 10.2. The van der Waals surface area contributed by atoms with Crippen molar-refractivity contribution < 1.29 is 8.83 Å². The summed E-state index contributed by atoms with van der Waals surface area (Å²) >= 11 is 5.57. The fourth-order valence-corrected chi connectivity index (χ4v) is 1.38. The van der Waals surface area contributed by atoms with E-state index in [1.165, 1.54) is 0 Å². The van der Waals surface area contributed by atoms with Crippen molar-refractivity contribution in [1.29, 1.82) is 0 Å². The molecule has 0 N–H and O–H groups in total. The van der Waals surface area contributed by atoms with Crippen molar-refractivity contribution in [2.45, 2.75) is 19.8 Å². The first-order valence-electron chi connectivity index (χ1n) is 4.73. The van der Waals surface area contributed by atoms with Crippen LogP contribution in [-0.4, -0.2) is 16.1 Å². The van der Waals surface area contributed by atoms with Crippen LogP contribution in [0.2, 0.25) is 0 Å². The van der Waals surface area contributed by atoms with E-state index >= 15 is 0 Å². The van der Waals surface area contributed by atoms with E-state index in [-0.39, 0.29) is 0 Å². The summed E-state index contributed by atoms with van der Waals surface area (Å²) < 4.78 is 10.6. The quantitative estimate of drug-likeness (QED) is 0.753. The number of hydrogen-bond donors (Lipinski definition) is 0. The van der Waals surface area contributed by atoms with Gasteiger partial charge in [-0.15, -0.1) is 21.8 Å². The van der Waals surface area contributed by atoms with Crippen LogP contribution in [0.15, 0.2) is 21.2 Å². The lowest BCUT2D eigenvalue weighted by Crippen LogP contribution is -1.85. The second kappa shape index (κ2) is 4.49. The third-order valence-corrected chi connectivity index (χ3v) is 2.24. The molecule has 0 unspecified atom stereocenters. The van der Waals surface area contributed by atoms with Crippen LogP contribution in [0.1, 0.15) is 18.1 Å². The summed E-state index contributed by atoms with van der Waals surface area (Å²) in [7, 11) is 0. The molecule has 15 heavy (non-hydrogen) atoms. The van der Waals surface area contributed by atoms with E-state index < -0.39 is 0 Å².